The fourth-order valence-electron chi connectivity index (χ4n) is 3.44. The first-order valence-corrected chi connectivity index (χ1v) is 8.94. The second-order valence-electron chi connectivity index (χ2n) is 6.35. The first-order valence-electron chi connectivity index (χ1n) is 8.13. The highest BCUT2D eigenvalue weighted by Crippen LogP contribution is 2.55. The molecule has 1 N–H and O–H groups in total. The summed E-state index contributed by atoms with van der Waals surface area (Å²) in [4.78, 5) is 37.5. The van der Waals surface area contributed by atoms with Crippen LogP contribution in [0.2, 0.25) is 0 Å². The topological polar surface area (TPSA) is 82.1 Å². The van der Waals surface area contributed by atoms with E-state index in [0.717, 1.165) is 28.6 Å². The molecule has 2 aliphatic rings. The van der Waals surface area contributed by atoms with Gasteiger partial charge in [-0.3, -0.25) is 14.4 Å². The molecule has 8 heteroatoms. The van der Waals surface area contributed by atoms with E-state index >= 15 is 0 Å². The highest BCUT2D eigenvalue weighted by Gasteiger charge is 2.61. The van der Waals surface area contributed by atoms with E-state index in [-0.39, 0.29) is 22.9 Å². The molecule has 3 rings (SSSR count). The number of hydrogen-bond donors (Lipinski definition) is 1. The van der Waals surface area contributed by atoms with Crippen molar-refractivity contribution in [2.24, 2.45) is 5.10 Å². The van der Waals surface area contributed by atoms with E-state index in [1.54, 1.807) is 11.0 Å². The van der Waals surface area contributed by atoms with E-state index < -0.39 is 4.87 Å². The van der Waals surface area contributed by atoms with Crippen molar-refractivity contribution in [1.82, 2.24) is 10.3 Å². The maximum absolute atomic E-state index is 13.5. The lowest BCUT2D eigenvalue weighted by molar-refractivity contribution is -0.139. The summed E-state index contributed by atoms with van der Waals surface area (Å²) >= 11 is 1.08. The molecule has 3 amide bonds. The van der Waals surface area contributed by atoms with Crippen molar-refractivity contribution in [1.29, 1.82) is 0 Å². The number of carbonyl (C=O) groups is 3. The second kappa shape index (κ2) is 6.28. The van der Waals surface area contributed by atoms with Gasteiger partial charge in [-0.1, -0.05) is 23.8 Å². The smallest absolute Gasteiger partial charge is 0.271 e. The number of nitrogens with zero attached hydrogens (tertiary/aromatic N) is 3. The Morgan fingerprint density at radius 1 is 1.35 bits per heavy atom. The highest BCUT2D eigenvalue weighted by molar-refractivity contribution is 8.15. The summed E-state index contributed by atoms with van der Waals surface area (Å²) in [7, 11) is 0. The number of hydrogen-bond acceptors (Lipinski definition) is 5. The van der Waals surface area contributed by atoms with Gasteiger partial charge in [0, 0.05) is 26.0 Å². The lowest BCUT2D eigenvalue weighted by Gasteiger charge is -2.29. The molecule has 0 aromatic heterocycles. The molecular weight excluding hydrogens is 352 g/mol. The number of aryl methyl sites for hydroxylation is 2. The van der Waals surface area contributed by atoms with Crippen LogP contribution in [0.3, 0.4) is 0 Å². The normalized spacial score (nSPS) is 21.1. The van der Waals surface area contributed by atoms with Crippen molar-refractivity contribution >= 4 is 40.3 Å². The summed E-state index contributed by atoms with van der Waals surface area (Å²) in [6.07, 6.45) is 1.65. The zero-order valence-electron chi connectivity index (χ0n) is 15.1. The SMILES string of the molecule is C=CCN1C(=O)C2(SC(NC(C)=O)=NN2C(C)=O)c2cc(C)cc(C)c21. The maximum Gasteiger partial charge on any atom is 0.271 e. The van der Waals surface area contributed by atoms with Gasteiger partial charge >= 0.3 is 0 Å². The van der Waals surface area contributed by atoms with Crippen molar-refractivity contribution in [3.63, 3.8) is 0 Å². The molecule has 2 heterocycles. The lowest BCUT2D eigenvalue weighted by atomic mass is 10.0. The Labute approximate surface area is 156 Å². The number of amides is 3. The molecule has 0 radical (unpaired) electrons. The molecule has 7 nitrogen and oxygen atoms in total. The quantitative estimate of drug-likeness (QED) is 0.805. The number of thioether (sulfide) groups is 1. The zero-order valence-corrected chi connectivity index (χ0v) is 15.9. The van der Waals surface area contributed by atoms with Crippen LogP contribution in [0.1, 0.15) is 30.5 Å². The predicted octanol–water partition coefficient (Wildman–Crippen LogP) is 1.99. The predicted molar refractivity (Wildman–Crippen MR) is 102 cm³/mol. The molecule has 0 aliphatic carbocycles. The van der Waals surface area contributed by atoms with Gasteiger partial charge in [-0.2, -0.15) is 5.01 Å². The fourth-order valence-corrected chi connectivity index (χ4v) is 4.76. The molecule has 0 bridgehead atoms. The van der Waals surface area contributed by atoms with E-state index in [9.17, 15) is 14.4 Å². The van der Waals surface area contributed by atoms with Crippen molar-refractivity contribution in [3.05, 3.63) is 41.5 Å². The van der Waals surface area contributed by atoms with Crippen LogP contribution < -0.4 is 10.2 Å². The van der Waals surface area contributed by atoms with E-state index in [1.165, 1.54) is 18.9 Å². The molecule has 1 atom stereocenters. The van der Waals surface area contributed by atoms with Crippen LogP contribution in [0.5, 0.6) is 0 Å². The fraction of sp³-hybridized carbons (Fsp3) is 0.333. The minimum atomic E-state index is -1.35. The largest absolute Gasteiger partial charge is 0.305 e. The van der Waals surface area contributed by atoms with Crippen molar-refractivity contribution in [3.8, 4) is 0 Å². The molecule has 1 unspecified atom stereocenters. The summed E-state index contributed by atoms with van der Waals surface area (Å²) in [6.45, 7) is 10.6. The first kappa shape index (κ1) is 18.2. The van der Waals surface area contributed by atoms with Crippen molar-refractivity contribution < 1.29 is 14.4 Å². The van der Waals surface area contributed by atoms with Crippen LogP contribution in [0.25, 0.3) is 0 Å². The minimum absolute atomic E-state index is 0.228. The summed E-state index contributed by atoms with van der Waals surface area (Å²) in [5.41, 5.74) is 3.37. The maximum atomic E-state index is 13.5. The van der Waals surface area contributed by atoms with Gasteiger partial charge in [0.15, 0.2) is 5.17 Å². The number of hydrazone groups is 1. The Hall–Kier alpha value is -2.61. The molecule has 0 saturated carbocycles. The van der Waals surface area contributed by atoms with Gasteiger partial charge in [0.25, 0.3) is 5.91 Å². The van der Waals surface area contributed by atoms with Crippen LogP contribution in [-0.4, -0.2) is 34.4 Å². The van der Waals surface area contributed by atoms with Gasteiger partial charge in [-0.25, -0.2) is 0 Å². The van der Waals surface area contributed by atoms with Crippen LogP contribution >= 0.6 is 11.8 Å². The van der Waals surface area contributed by atoms with Crippen molar-refractivity contribution in [2.45, 2.75) is 32.6 Å². The monoisotopic (exact) mass is 372 g/mol. The Morgan fingerprint density at radius 2 is 2.04 bits per heavy atom. The molecule has 1 aromatic carbocycles. The first-order chi connectivity index (χ1) is 12.2. The number of rotatable bonds is 2. The van der Waals surface area contributed by atoms with E-state index in [0.29, 0.717) is 12.1 Å². The average Bonchev–Trinajstić information content (AvgIpc) is 3.01. The number of fused-ring (bicyclic) bond motifs is 2. The molecule has 26 heavy (non-hydrogen) atoms. The molecule has 1 spiro atoms. The lowest BCUT2D eigenvalue weighted by Crippen LogP contribution is -2.48. The number of anilines is 1. The van der Waals surface area contributed by atoms with E-state index in [4.69, 9.17) is 0 Å². The molecule has 0 saturated heterocycles. The van der Waals surface area contributed by atoms with Crippen molar-refractivity contribution in [2.75, 3.05) is 11.4 Å². The van der Waals surface area contributed by atoms with Crippen LogP contribution in [0, 0.1) is 13.8 Å². The number of amidine groups is 1. The Kier molecular flexibility index (Phi) is 4.39. The number of nitrogens with one attached hydrogen (secondary N) is 1. The summed E-state index contributed by atoms with van der Waals surface area (Å²) in [5, 5.41) is 8.22. The summed E-state index contributed by atoms with van der Waals surface area (Å²) < 4.78 is 0. The molecule has 1 aromatic rings. The Morgan fingerprint density at radius 3 is 2.62 bits per heavy atom. The Bertz CT molecular complexity index is 879. The highest BCUT2D eigenvalue weighted by atomic mass is 32.2. The summed E-state index contributed by atoms with van der Waals surface area (Å²) in [5.74, 6) is -0.965. The van der Waals surface area contributed by atoms with Crippen LogP contribution in [-0.2, 0) is 19.3 Å². The third-order valence-electron chi connectivity index (χ3n) is 4.24. The van der Waals surface area contributed by atoms with Crippen LogP contribution in [0.15, 0.2) is 29.9 Å². The summed E-state index contributed by atoms with van der Waals surface area (Å²) in [6, 6.07) is 3.90. The standard InChI is InChI=1S/C18H20N4O3S/c1-6-7-21-15-11(3)8-10(2)9-14(15)18(16(21)25)22(13(5)24)20-17(26-18)19-12(4)23/h6,8-9H,1,7H2,2-5H3,(H,19,20,23). The van der Waals surface area contributed by atoms with Gasteiger partial charge in [0.2, 0.25) is 16.7 Å². The zero-order chi connectivity index (χ0) is 19.2. The van der Waals surface area contributed by atoms with E-state index in [1.807, 2.05) is 26.0 Å². The second-order valence-corrected chi connectivity index (χ2v) is 7.53. The van der Waals surface area contributed by atoms with Crippen LogP contribution in [0.4, 0.5) is 5.69 Å². The van der Waals surface area contributed by atoms with Gasteiger partial charge in [-0.05, 0) is 31.2 Å². The minimum Gasteiger partial charge on any atom is -0.305 e. The van der Waals surface area contributed by atoms with Gasteiger partial charge in [0.1, 0.15) is 0 Å². The molecule has 2 aliphatic heterocycles. The molecule has 0 fully saturated rings. The average molecular weight is 372 g/mol. The third kappa shape index (κ3) is 2.52. The van der Waals surface area contributed by atoms with E-state index in [2.05, 4.69) is 17.0 Å². The van der Waals surface area contributed by atoms with Gasteiger partial charge in [0.05, 0.1) is 5.69 Å². The van der Waals surface area contributed by atoms with Gasteiger partial charge in [-0.15, -0.1) is 11.7 Å². The molecule has 136 valence electrons. The number of benzene rings is 1. The third-order valence-corrected chi connectivity index (χ3v) is 5.48. The molecular formula is C18H20N4O3S. The number of carbonyl (C=O) groups excluding carboxylic acids is 3. The van der Waals surface area contributed by atoms with Gasteiger partial charge < -0.3 is 10.2 Å². The Balaban J connectivity index is 2.24.